The molecular formula is C21H20ClN3O3S3. The number of aromatic nitrogens is 1. The molecule has 0 N–H and O–H groups in total. The Morgan fingerprint density at radius 1 is 1.03 bits per heavy atom. The van der Waals surface area contributed by atoms with Gasteiger partial charge in [0, 0.05) is 29.4 Å². The average Bonchev–Trinajstić information content (AvgIpc) is 3.28. The molecule has 0 fully saturated rings. The predicted molar refractivity (Wildman–Crippen MR) is 130 cm³/mol. The first-order chi connectivity index (χ1) is 14.7. The number of benzene rings is 2. The molecule has 0 atom stereocenters. The summed E-state index contributed by atoms with van der Waals surface area (Å²) in [7, 11) is 0.401. The fourth-order valence-electron chi connectivity index (χ4n) is 3.18. The molecule has 0 saturated carbocycles. The van der Waals surface area contributed by atoms with Crippen LogP contribution in [0.15, 0.2) is 47.4 Å². The highest BCUT2D eigenvalue weighted by atomic mass is 35.5. The van der Waals surface area contributed by atoms with Gasteiger partial charge in [0.15, 0.2) is 15.0 Å². The lowest BCUT2D eigenvalue weighted by Gasteiger charge is -2.21. The summed E-state index contributed by atoms with van der Waals surface area (Å²) in [6.45, 7) is 1.01. The maximum absolute atomic E-state index is 13.6. The van der Waals surface area contributed by atoms with Crippen LogP contribution in [-0.4, -0.2) is 57.6 Å². The van der Waals surface area contributed by atoms with Gasteiger partial charge in [-0.05, 0) is 32.3 Å². The molecule has 0 unspecified atom stereocenters. The van der Waals surface area contributed by atoms with E-state index in [0.717, 1.165) is 16.3 Å². The van der Waals surface area contributed by atoms with Crippen molar-refractivity contribution in [3.63, 3.8) is 0 Å². The number of carbonyl (C=O) groups excluding carboxylic acids is 1. The summed E-state index contributed by atoms with van der Waals surface area (Å²) in [5.41, 5.74) is 0.384. The number of nitrogens with zero attached hydrogens (tertiary/aromatic N) is 3. The van der Waals surface area contributed by atoms with Crippen LogP contribution in [0.25, 0.3) is 20.3 Å². The van der Waals surface area contributed by atoms with Gasteiger partial charge in [0.25, 0.3) is 5.91 Å². The van der Waals surface area contributed by atoms with Gasteiger partial charge in [-0.2, -0.15) is 0 Å². The molecule has 0 bridgehead atoms. The monoisotopic (exact) mass is 493 g/mol. The van der Waals surface area contributed by atoms with E-state index in [2.05, 4.69) is 4.98 Å². The van der Waals surface area contributed by atoms with Crippen molar-refractivity contribution in [2.24, 2.45) is 0 Å². The molecule has 2 aromatic carbocycles. The van der Waals surface area contributed by atoms with Gasteiger partial charge < -0.3 is 4.90 Å². The molecule has 4 aromatic rings. The largest absolute Gasteiger partial charge is 0.308 e. The van der Waals surface area contributed by atoms with Crippen LogP contribution >= 0.6 is 34.3 Å². The van der Waals surface area contributed by atoms with E-state index in [9.17, 15) is 13.2 Å². The van der Waals surface area contributed by atoms with Gasteiger partial charge in [0.1, 0.15) is 10.4 Å². The highest BCUT2D eigenvalue weighted by molar-refractivity contribution is 7.91. The zero-order valence-corrected chi connectivity index (χ0v) is 20.3. The third-order valence-corrected chi connectivity index (χ3v) is 8.58. The fourth-order valence-corrected chi connectivity index (χ4v) is 6.56. The number of thiophene rings is 1. The minimum absolute atomic E-state index is 0.160. The second kappa shape index (κ2) is 8.48. The van der Waals surface area contributed by atoms with Crippen LogP contribution in [0, 0.1) is 0 Å². The molecule has 6 nitrogen and oxygen atoms in total. The Balaban J connectivity index is 1.83. The fraction of sp³-hybridized carbons (Fsp3) is 0.238. The highest BCUT2D eigenvalue weighted by Gasteiger charge is 2.27. The molecular weight excluding hydrogens is 474 g/mol. The zero-order chi connectivity index (χ0) is 22.3. The summed E-state index contributed by atoms with van der Waals surface area (Å²) in [5, 5.41) is 1.72. The van der Waals surface area contributed by atoms with Gasteiger partial charge in [-0.25, -0.2) is 13.4 Å². The van der Waals surface area contributed by atoms with Crippen LogP contribution in [-0.2, 0) is 9.84 Å². The second-order valence-corrected chi connectivity index (χ2v) is 11.8. The summed E-state index contributed by atoms with van der Waals surface area (Å²) in [4.78, 5) is 22.3. The molecule has 0 saturated heterocycles. The lowest BCUT2D eigenvalue weighted by molar-refractivity contribution is 0.0989. The number of rotatable bonds is 6. The third kappa shape index (κ3) is 4.33. The summed E-state index contributed by atoms with van der Waals surface area (Å²) in [6.07, 6.45) is 1.16. The lowest BCUT2D eigenvalue weighted by Crippen LogP contribution is -2.36. The molecule has 162 valence electrons. The number of amides is 1. The zero-order valence-electron chi connectivity index (χ0n) is 17.1. The molecule has 10 heteroatoms. The predicted octanol–water partition coefficient (Wildman–Crippen LogP) is 4.78. The number of halogens is 1. The molecule has 0 aliphatic rings. The van der Waals surface area contributed by atoms with Gasteiger partial charge in [0.05, 0.1) is 14.6 Å². The summed E-state index contributed by atoms with van der Waals surface area (Å²) in [6, 6.07) is 12.7. The van der Waals surface area contributed by atoms with E-state index >= 15 is 0 Å². The maximum Gasteiger partial charge on any atom is 0.271 e. The summed E-state index contributed by atoms with van der Waals surface area (Å²) < 4.78 is 26.1. The molecule has 0 radical (unpaired) electrons. The van der Waals surface area contributed by atoms with Crippen molar-refractivity contribution in [3.8, 4) is 0 Å². The van der Waals surface area contributed by atoms with Crippen molar-refractivity contribution >= 4 is 75.5 Å². The number of sulfone groups is 1. The van der Waals surface area contributed by atoms with Crippen LogP contribution in [0.4, 0.5) is 5.13 Å². The standard InChI is InChI=1S/C21H20ClN3O3S3/c1-24(2)11-12-25(20(26)19-17(22)13-7-4-5-8-14(13)29-19)21-23-18-15(30-21)9-6-10-16(18)31(3,27)28/h4-10H,11-12H2,1-3H3. The van der Waals surface area contributed by atoms with Crippen molar-refractivity contribution in [3.05, 3.63) is 52.4 Å². The number of carbonyl (C=O) groups is 1. The number of likely N-dealkylation sites (N-methyl/N-ethyl adjacent to an activating group) is 1. The quantitative estimate of drug-likeness (QED) is 0.386. The lowest BCUT2D eigenvalue weighted by atomic mass is 10.2. The molecule has 2 heterocycles. The van der Waals surface area contributed by atoms with Gasteiger partial charge in [-0.3, -0.25) is 9.69 Å². The molecule has 1 amide bonds. The van der Waals surface area contributed by atoms with E-state index in [-0.39, 0.29) is 10.8 Å². The first-order valence-corrected chi connectivity index (χ1v) is 13.3. The van der Waals surface area contributed by atoms with Gasteiger partial charge in [0.2, 0.25) is 0 Å². The Labute approximate surface area is 193 Å². The van der Waals surface area contributed by atoms with Gasteiger partial charge in [-0.15, -0.1) is 11.3 Å². The topological polar surface area (TPSA) is 70.6 Å². The SMILES string of the molecule is CN(C)CCN(C(=O)c1sc2ccccc2c1Cl)c1nc2c(S(C)(=O)=O)cccc2s1. The van der Waals surface area contributed by atoms with E-state index in [1.807, 2.05) is 49.3 Å². The number of hydrogen-bond acceptors (Lipinski definition) is 7. The third-order valence-electron chi connectivity index (χ3n) is 4.75. The van der Waals surface area contributed by atoms with E-state index in [4.69, 9.17) is 11.6 Å². The number of fused-ring (bicyclic) bond motifs is 2. The second-order valence-electron chi connectivity index (χ2n) is 7.37. The van der Waals surface area contributed by atoms with Gasteiger partial charge in [-0.1, -0.05) is 47.2 Å². The summed E-state index contributed by atoms with van der Waals surface area (Å²) in [5.74, 6) is -0.243. The van der Waals surface area contributed by atoms with E-state index in [1.54, 1.807) is 11.0 Å². The molecule has 4 rings (SSSR count). The van der Waals surface area contributed by atoms with Crippen LogP contribution in [0.2, 0.25) is 5.02 Å². The number of hydrogen-bond donors (Lipinski definition) is 0. The maximum atomic E-state index is 13.6. The van der Waals surface area contributed by atoms with Crippen LogP contribution in [0.5, 0.6) is 0 Å². The Morgan fingerprint density at radius 2 is 1.74 bits per heavy atom. The molecule has 31 heavy (non-hydrogen) atoms. The first-order valence-electron chi connectivity index (χ1n) is 9.40. The minimum Gasteiger partial charge on any atom is -0.308 e. The smallest absolute Gasteiger partial charge is 0.271 e. The van der Waals surface area contributed by atoms with Crippen molar-refractivity contribution in [1.82, 2.24) is 9.88 Å². The molecule has 0 aliphatic carbocycles. The van der Waals surface area contributed by atoms with Gasteiger partial charge >= 0.3 is 0 Å². The van der Waals surface area contributed by atoms with Crippen molar-refractivity contribution in [1.29, 1.82) is 0 Å². The minimum atomic E-state index is -3.45. The van der Waals surface area contributed by atoms with Crippen molar-refractivity contribution in [2.75, 3.05) is 38.3 Å². The highest BCUT2D eigenvalue weighted by Crippen LogP contribution is 2.38. The Hall–Kier alpha value is -2.04. The molecule has 0 spiro atoms. The first kappa shape index (κ1) is 22.2. The molecule has 0 aliphatic heterocycles. The van der Waals surface area contributed by atoms with Crippen LogP contribution in [0.3, 0.4) is 0 Å². The van der Waals surface area contributed by atoms with E-state index in [0.29, 0.717) is 38.3 Å². The Bertz CT molecular complexity index is 1390. The van der Waals surface area contributed by atoms with Crippen molar-refractivity contribution < 1.29 is 13.2 Å². The number of para-hydroxylation sites is 1. The van der Waals surface area contributed by atoms with E-state index < -0.39 is 9.84 Å². The Kier molecular flexibility index (Phi) is 6.06. The number of anilines is 1. The van der Waals surface area contributed by atoms with Crippen LogP contribution < -0.4 is 4.90 Å². The number of thiazole rings is 1. The summed E-state index contributed by atoms with van der Waals surface area (Å²) >= 11 is 9.21. The van der Waals surface area contributed by atoms with Crippen LogP contribution in [0.1, 0.15) is 9.67 Å². The van der Waals surface area contributed by atoms with E-state index in [1.165, 1.54) is 28.7 Å². The average molecular weight is 494 g/mol. The Morgan fingerprint density at radius 3 is 2.42 bits per heavy atom. The van der Waals surface area contributed by atoms with Crippen molar-refractivity contribution in [2.45, 2.75) is 4.90 Å². The normalized spacial score (nSPS) is 12.2. The molecule has 2 aromatic heterocycles.